The summed E-state index contributed by atoms with van der Waals surface area (Å²) in [7, 11) is 0. The Hall–Kier alpha value is -0.280. The van der Waals surface area contributed by atoms with Crippen LogP contribution in [0.25, 0.3) is 0 Å². The predicted octanol–water partition coefficient (Wildman–Crippen LogP) is 1.88. The lowest BCUT2D eigenvalue weighted by Gasteiger charge is -2.25. The predicted molar refractivity (Wildman–Crippen MR) is 58.4 cm³/mol. The second kappa shape index (κ2) is 7.07. The van der Waals surface area contributed by atoms with Crippen molar-refractivity contribution in [2.24, 2.45) is 11.7 Å². The standard InChI is InChI=1S/C10H19NO2.ClH/c1-8(12)13-7-6-9-2-4-10(11)5-3-9;/h9-10H,2-7,11H2,1H3;1H/t9-,10-;. The lowest BCUT2D eigenvalue weighted by molar-refractivity contribution is -0.141. The molecule has 2 N–H and O–H groups in total. The number of carbonyl (C=O) groups excluding carboxylic acids is 1. The fourth-order valence-electron chi connectivity index (χ4n) is 1.85. The van der Waals surface area contributed by atoms with Crippen molar-refractivity contribution in [2.45, 2.75) is 45.1 Å². The molecule has 1 rings (SSSR count). The van der Waals surface area contributed by atoms with Gasteiger partial charge in [0.2, 0.25) is 0 Å². The lowest BCUT2D eigenvalue weighted by atomic mass is 9.85. The quantitative estimate of drug-likeness (QED) is 0.741. The van der Waals surface area contributed by atoms with Gasteiger partial charge in [0.05, 0.1) is 6.61 Å². The number of ether oxygens (including phenoxy) is 1. The van der Waals surface area contributed by atoms with E-state index in [4.69, 9.17) is 10.5 Å². The lowest BCUT2D eigenvalue weighted by Crippen LogP contribution is -2.27. The molecule has 0 saturated heterocycles. The number of esters is 1. The minimum atomic E-state index is -0.174. The molecule has 14 heavy (non-hydrogen) atoms. The Labute approximate surface area is 91.8 Å². The summed E-state index contributed by atoms with van der Waals surface area (Å²) >= 11 is 0. The monoisotopic (exact) mass is 221 g/mol. The van der Waals surface area contributed by atoms with E-state index in [-0.39, 0.29) is 18.4 Å². The van der Waals surface area contributed by atoms with Crippen LogP contribution in [0.5, 0.6) is 0 Å². The van der Waals surface area contributed by atoms with E-state index in [1.807, 2.05) is 0 Å². The van der Waals surface area contributed by atoms with E-state index in [0.717, 1.165) is 25.2 Å². The Kier molecular flexibility index (Phi) is 6.93. The van der Waals surface area contributed by atoms with Crippen LogP contribution in [0.1, 0.15) is 39.0 Å². The molecule has 3 nitrogen and oxygen atoms in total. The molecule has 0 aromatic rings. The van der Waals surface area contributed by atoms with E-state index < -0.39 is 0 Å². The van der Waals surface area contributed by atoms with Gasteiger partial charge in [-0.1, -0.05) is 0 Å². The van der Waals surface area contributed by atoms with Crippen molar-refractivity contribution < 1.29 is 9.53 Å². The van der Waals surface area contributed by atoms with Crippen molar-refractivity contribution >= 4 is 18.4 Å². The van der Waals surface area contributed by atoms with Crippen LogP contribution in [-0.4, -0.2) is 18.6 Å². The molecular weight excluding hydrogens is 202 g/mol. The average molecular weight is 222 g/mol. The normalized spacial score (nSPS) is 26.4. The van der Waals surface area contributed by atoms with Crippen LogP contribution in [0.2, 0.25) is 0 Å². The Morgan fingerprint density at radius 2 is 1.93 bits per heavy atom. The third-order valence-corrected chi connectivity index (χ3v) is 2.72. The molecule has 0 aliphatic heterocycles. The molecule has 0 aromatic carbocycles. The third kappa shape index (κ3) is 5.45. The molecule has 0 radical (unpaired) electrons. The van der Waals surface area contributed by atoms with E-state index in [1.54, 1.807) is 0 Å². The summed E-state index contributed by atoms with van der Waals surface area (Å²) in [5.41, 5.74) is 5.79. The number of halogens is 1. The highest BCUT2D eigenvalue weighted by Gasteiger charge is 2.18. The summed E-state index contributed by atoms with van der Waals surface area (Å²) in [6.07, 6.45) is 5.66. The number of rotatable bonds is 3. The Balaban J connectivity index is 0.00000169. The van der Waals surface area contributed by atoms with Crippen molar-refractivity contribution in [1.29, 1.82) is 0 Å². The van der Waals surface area contributed by atoms with Crippen LogP contribution < -0.4 is 5.73 Å². The number of nitrogens with two attached hydrogens (primary N) is 1. The molecule has 1 aliphatic rings. The molecule has 0 atom stereocenters. The van der Waals surface area contributed by atoms with Crippen molar-refractivity contribution in [2.75, 3.05) is 6.61 Å². The van der Waals surface area contributed by atoms with Crippen LogP contribution >= 0.6 is 12.4 Å². The van der Waals surface area contributed by atoms with Crippen LogP contribution in [0.15, 0.2) is 0 Å². The van der Waals surface area contributed by atoms with E-state index in [0.29, 0.717) is 12.6 Å². The highest BCUT2D eigenvalue weighted by molar-refractivity contribution is 5.85. The first-order chi connectivity index (χ1) is 6.18. The highest BCUT2D eigenvalue weighted by atomic mass is 35.5. The summed E-state index contributed by atoms with van der Waals surface area (Å²) in [5.74, 6) is 0.548. The molecule has 0 spiro atoms. The van der Waals surface area contributed by atoms with Gasteiger partial charge in [0, 0.05) is 13.0 Å². The number of hydrogen-bond donors (Lipinski definition) is 1. The van der Waals surface area contributed by atoms with Gasteiger partial charge in [-0.05, 0) is 38.0 Å². The Morgan fingerprint density at radius 1 is 1.36 bits per heavy atom. The fraction of sp³-hybridized carbons (Fsp3) is 0.900. The zero-order chi connectivity index (χ0) is 9.68. The fourth-order valence-corrected chi connectivity index (χ4v) is 1.85. The van der Waals surface area contributed by atoms with Crippen molar-refractivity contribution in [3.05, 3.63) is 0 Å². The largest absolute Gasteiger partial charge is 0.466 e. The zero-order valence-corrected chi connectivity index (χ0v) is 9.52. The molecule has 0 aromatic heterocycles. The molecule has 1 aliphatic carbocycles. The smallest absolute Gasteiger partial charge is 0.302 e. The second-order valence-electron chi connectivity index (χ2n) is 3.91. The maximum atomic E-state index is 10.5. The van der Waals surface area contributed by atoms with Gasteiger partial charge in [-0.3, -0.25) is 4.79 Å². The minimum Gasteiger partial charge on any atom is -0.466 e. The van der Waals surface area contributed by atoms with Gasteiger partial charge in [0.1, 0.15) is 0 Å². The van der Waals surface area contributed by atoms with E-state index in [9.17, 15) is 4.79 Å². The molecular formula is C10H20ClNO2. The number of carbonyl (C=O) groups is 1. The van der Waals surface area contributed by atoms with Crippen LogP contribution in [0.3, 0.4) is 0 Å². The van der Waals surface area contributed by atoms with Crippen LogP contribution in [0, 0.1) is 5.92 Å². The summed E-state index contributed by atoms with van der Waals surface area (Å²) < 4.78 is 4.90. The molecule has 0 unspecified atom stereocenters. The Bertz CT molecular complexity index is 168. The third-order valence-electron chi connectivity index (χ3n) is 2.72. The molecule has 0 heterocycles. The summed E-state index contributed by atoms with van der Waals surface area (Å²) in [4.78, 5) is 10.5. The van der Waals surface area contributed by atoms with Gasteiger partial charge in [-0.15, -0.1) is 12.4 Å². The first kappa shape index (κ1) is 13.7. The summed E-state index contributed by atoms with van der Waals surface area (Å²) in [6.45, 7) is 2.03. The summed E-state index contributed by atoms with van der Waals surface area (Å²) in [6, 6.07) is 0.407. The van der Waals surface area contributed by atoms with Gasteiger partial charge in [-0.2, -0.15) is 0 Å². The highest BCUT2D eigenvalue weighted by Crippen LogP contribution is 2.25. The van der Waals surface area contributed by atoms with Gasteiger partial charge in [0.15, 0.2) is 0 Å². The maximum absolute atomic E-state index is 10.5. The average Bonchev–Trinajstić information content (AvgIpc) is 2.08. The molecule has 0 amide bonds. The summed E-state index contributed by atoms with van der Waals surface area (Å²) in [5, 5.41) is 0. The molecule has 4 heteroatoms. The minimum absolute atomic E-state index is 0. The van der Waals surface area contributed by atoms with E-state index in [2.05, 4.69) is 0 Å². The first-order valence-corrected chi connectivity index (χ1v) is 5.07. The van der Waals surface area contributed by atoms with Crippen LogP contribution in [0.4, 0.5) is 0 Å². The molecule has 1 fully saturated rings. The Morgan fingerprint density at radius 3 is 2.43 bits per heavy atom. The molecule has 1 saturated carbocycles. The van der Waals surface area contributed by atoms with Gasteiger partial charge >= 0.3 is 5.97 Å². The topological polar surface area (TPSA) is 52.3 Å². The van der Waals surface area contributed by atoms with Gasteiger partial charge in [0.25, 0.3) is 0 Å². The van der Waals surface area contributed by atoms with E-state index >= 15 is 0 Å². The van der Waals surface area contributed by atoms with Gasteiger partial charge in [-0.25, -0.2) is 0 Å². The van der Waals surface area contributed by atoms with E-state index in [1.165, 1.54) is 19.8 Å². The second-order valence-corrected chi connectivity index (χ2v) is 3.91. The van der Waals surface area contributed by atoms with Gasteiger partial charge < -0.3 is 10.5 Å². The maximum Gasteiger partial charge on any atom is 0.302 e. The van der Waals surface area contributed by atoms with Crippen molar-refractivity contribution in [1.82, 2.24) is 0 Å². The zero-order valence-electron chi connectivity index (χ0n) is 8.70. The number of hydrogen-bond acceptors (Lipinski definition) is 3. The van der Waals surface area contributed by atoms with Crippen molar-refractivity contribution in [3.8, 4) is 0 Å². The molecule has 0 bridgehead atoms. The van der Waals surface area contributed by atoms with Crippen molar-refractivity contribution in [3.63, 3.8) is 0 Å². The molecule has 84 valence electrons. The SMILES string of the molecule is CC(=O)OCC[C@H]1CC[C@H](N)CC1.Cl. The van der Waals surface area contributed by atoms with Crippen LogP contribution in [-0.2, 0) is 9.53 Å². The first-order valence-electron chi connectivity index (χ1n) is 5.07.